The molecule has 0 spiro atoms. The van der Waals surface area contributed by atoms with Crippen molar-refractivity contribution in [2.75, 3.05) is 0 Å². The zero-order valence-corrected chi connectivity index (χ0v) is 14.7. The summed E-state index contributed by atoms with van der Waals surface area (Å²) in [4.78, 5) is 13.7. The van der Waals surface area contributed by atoms with E-state index in [4.69, 9.17) is 4.98 Å². The highest BCUT2D eigenvalue weighted by Crippen LogP contribution is 2.36. The third-order valence-corrected chi connectivity index (χ3v) is 4.31. The van der Waals surface area contributed by atoms with Crippen molar-refractivity contribution in [1.82, 2.24) is 14.5 Å². The van der Waals surface area contributed by atoms with Crippen LogP contribution in [0.1, 0.15) is 12.7 Å². The predicted octanol–water partition coefficient (Wildman–Crippen LogP) is 4.86. The van der Waals surface area contributed by atoms with Crippen LogP contribution in [0.2, 0.25) is 0 Å². The van der Waals surface area contributed by atoms with Gasteiger partial charge in [-0.25, -0.2) is 9.97 Å². The summed E-state index contributed by atoms with van der Waals surface area (Å²) in [6.07, 6.45) is 12.4. The van der Waals surface area contributed by atoms with Crippen LogP contribution in [0.5, 0.6) is 0 Å². The van der Waals surface area contributed by atoms with Gasteiger partial charge in [-0.05, 0) is 46.3 Å². The van der Waals surface area contributed by atoms with Crippen LogP contribution in [0.4, 0.5) is 0 Å². The number of aromatic nitrogens is 3. The van der Waals surface area contributed by atoms with Gasteiger partial charge in [-0.1, -0.05) is 25.1 Å². The quantitative estimate of drug-likeness (QED) is 0.639. The number of aliphatic imine (C=N–C) groups is 1. The Bertz CT molecular complexity index is 1010. The second kappa shape index (κ2) is 6.17. The Labute approximate surface area is 148 Å². The SMILES string of the molecule is CCc1nc2c3cc-3nc(Br)cccc2n1C1=C\C=C\C=C/N=C\1. The van der Waals surface area contributed by atoms with Crippen molar-refractivity contribution in [2.24, 2.45) is 4.99 Å². The third kappa shape index (κ3) is 2.71. The van der Waals surface area contributed by atoms with Crippen LogP contribution in [-0.4, -0.2) is 20.7 Å². The van der Waals surface area contributed by atoms with Crippen molar-refractivity contribution in [3.63, 3.8) is 0 Å². The summed E-state index contributed by atoms with van der Waals surface area (Å²) in [7, 11) is 0. The normalized spacial score (nSPS) is 20.3. The van der Waals surface area contributed by atoms with Gasteiger partial charge in [0.05, 0.1) is 28.6 Å². The molecule has 2 aliphatic heterocycles. The molecule has 0 amide bonds. The second-order valence-corrected chi connectivity index (χ2v) is 6.26. The van der Waals surface area contributed by atoms with Crippen molar-refractivity contribution in [1.29, 1.82) is 0 Å². The molecule has 1 aromatic rings. The third-order valence-electron chi connectivity index (χ3n) is 3.87. The highest BCUT2D eigenvalue weighted by Gasteiger charge is 2.20. The largest absolute Gasteiger partial charge is 0.295 e. The van der Waals surface area contributed by atoms with E-state index in [1.165, 1.54) is 0 Å². The van der Waals surface area contributed by atoms with Crippen molar-refractivity contribution < 1.29 is 0 Å². The molecule has 24 heavy (non-hydrogen) atoms. The van der Waals surface area contributed by atoms with Gasteiger partial charge in [-0.2, -0.15) is 0 Å². The molecule has 1 aromatic heterocycles. The molecule has 0 saturated heterocycles. The second-order valence-electron chi connectivity index (χ2n) is 5.45. The van der Waals surface area contributed by atoms with Gasteiger partial charge in [0.2, 0.25) is 0 Å². The molecule has 3 aliphatic rings. The summed E-state index contributed by atoms with van der Waals surface area (Å²) < 4.78 is 2.98. The van der Waals surface area contributed by atoms with Crippen LogP contribution in [0.15, 0.2) is 64.4 Å². The first-order valence-electron chi connectivity index (χ1n) is 7.81. The summed E-state index contributed by atoms with van der Waals surface area (Å²) in [5, 5.41) is 0. The molecule has 0 saturated carbocycles. The van der Waals surface area contributed by atoms with E-state index in [1.54, 1.807) is 6.20 Å². The minimum Gasteiger partial charge on any atom is -0.295 e. The van der Waals surface area contributed by atoms with Gasteiger partial charge < -0.3 is 0 Å². The first-order chi connectivity index (χ1) is 11.8. The molecule has 3 heterocycles. The van der Waals surface area contributed by atoms with Crippen LogP contribution in [0, 0.1) is 0 Å². The Morgan fingerprint density at radius 3 is 2.92 bits per heavy atom. The summed E-state index contributed by atoms with van der Waals surface area (Å²) in [6, 6.07) is 8.07. The molecule has 5 heteroatoms. The van der Waals surface area contributed by atoms with Crippen molar-refractivity contribution in [3.05, 3.63) is 65.2 Å². The molecule has 4 rings (SSSR count). The van der Waals surface area contributed by atoms with Gasteiger partial charge in [0.25, 0.3) is 0 Å². The topological polar surface area (TPSA) is 43.1 Å². The predicted molar refractivity (Wildman–Crippen MR) is 102 cm³/mol. The number of halogens is 1. The van der Waals surface area contributed by atoms with Gasteiger partial charge >= 0.3 is 0 Å². The fourth-order valence-corrected chi connectivity index (χ4v) is 3.07. The molecule has 0 atom stereocenters. The lowest BCUT2D eigenvalue weighted by Crippen LogP contribution is -2.03. The Hall–Kier alpha value is -2.53. The molecule has 0 radical (unpaired) electrons. The monoisotopic (exact) mass is 378 g/mol. The maximum Gasteiger partial charge on any atom is 0.114 e. The Kier molecular flexibility index (Phi) is 3.86. The molecule has 4 nitrogen and oxygen atoms in total. The fraction of sp³-hybridized carbons (Fsp3) is 0.105. The average molecular weight is 379 g/mol. The maximum atomic E-state index is 4.87. The standard InChI is InChI=1S/C19H15BrN4/c1-2-18-23-19-14-11-15(14)22-17(20)9-6-8-16(19)24(18)13-7-4-3-5-10-21-12-13/h3-12H,2H2,1H3/b4-3+,5-3?,7-4?,8-6?,9-6?,10-5-,13-7-,13-12?,16-8?,17-9?,19-14?,21-10?,21-12-,22-15?,22-17?. The molecule has 0 N–H and O–H groups in total. The number of hydrogen-bond donors (Lipinski definition) is 0. The van der Waals surface area contributed by atoms with Crippen molar-refractivity contribution in [2.45, 2.75) is 13.3 Å². The van der Waals surface area contributed by atoms with E-state index >= 15 is 0 Å². The smallest absolute Gasteiger partial charge is 0.114 e. The Morgan fingerprint density at radius 2 is 2.04 bits per heavy atom. The summed E-state index contributed by atoms with van der Waals surface area (Å²) in [5.74, 6) is 1.01. The minimum absolute atomic E-state index is 0.812. The number of imidazole rings is 1. The van der Waals surface area contributed by atoms with Gasteiger partial charge in [-0.3, -0.25) is 9.56 Å². The highest BCUT2D eigenvalue weighted by atomic mass is 79.9. The lowest BCUT2D eigenvalue weighted by molar-refractivity contribution is 0.930. The van der Waals surface area contributed by atoms with Gasteiger partial charge in [0.1, 0.15) is 10.4 Å². The zero-order chi connectivity index (χ0) is 16.5. The minimum atomic E-state index is 0.812. The van der Waals surface area contributed by atoms with E-state index in [1.807, 2.05) is 36.6 Å². The molecule has 118 valence electrons. The van der Waals surface area contributed by atoms with Gasteiger partial charge in [-0.15, -0.1) is 0 Å². The summed E-state index contributed by atoms with van der Waals surface area (Å²) in [5.41, 5.74) is 5.12. The number of allylic oxidation sites excluding steroid dienone is 5. The molecule has 1 aliphatic carbocycles. The number of nitrogens with zero attached hydrogens (tertiary/aromatic N) is 4. The van der Waals surface area contributed by atoms with Crippen LogP contribution in [0.25, 0.3) is 28.0 Å². The van der Waals surface area contributed by atoms with E-state index < -0.39 is 0 Å². The number of aryl methyl sites for hydroxylation is 1. The van der Waals surface area contributed by atoms with Crippen molar-refractivity contribution >= 4 is 38.9 Å². The molecule has 0 bridgehead atoms. The van der Waals surface area contributed by atoms with Gasteiger partial charge in [0.15, 0.2) is 0 Å². The van der Waals surface area contributed by atoms with Crippen LogP contribution in [0.3, 0.4) is 0 Å². The van der Waals surface area contributed by atoms with E-state index in [-0.39, 0.29) is 0 Å². The molecule has 0 fully saturated rings. The fourth-order valence-electron chi connectivity index (χ4n) is 2.72. The van der Waals surface area contributed by atoms with E-state index in [2.05, 4.69) is 55.6 Å². The summed E-state index contributed by atoms with van der Waals surface area (Å²) in [6.45, 7) is 2.12. The number of rotatable bonds is 2. The molecular weight excluding hydrogens is 364 g/mol. The number of fused-ring (bicyclic) bond motifs is 3. The van der Waals surface area contributed by atoms with E-state index in [9.17, 15) is 0 Å². The first kappa shape index (κ1) is 15.0. The highest BCUT2D eigenvalue weighted by molar-refractivity contribution is 9.10. The van der Waals surface area contributed by atoms with Crippen LogP contribution in [-0.2, 0) is 6.42 Å². The first-order valence-corrected chi connectivity index (χ1v) is 8.61. The molecular formula is C19H15BrN4. The van der Waals surface area contributed by atoms with E-state index in [0.29, 0.717) is 0 Å². The van der Waals surface area contributed by atoms with Crippen molar-refractivity contribution in [3.8, 4) is 11.3 Å². The zero-order valence-electron chi connectivity index (χ0n) is 13.1. The number of hydrogen-bond acceptors (Lipinski definition) is 3. The Morgan fingerprint density at radius 1 is 1.12 bits per heavy atom. The molecule has 0 aromatic carbocycles. The molecule has 0 unspecified atom stereocenters. The summed E-state index contributed by atoms with van der Waals surface area (Å²) >= 11 is 3.46. The van der Waals surface area contributed by atoms with Crippen LogP contribution < -0.4 is 0 Å². The lowest BCUT2D eigenvalue weighted by Gasteiger charge is -2.08. The Balaban J connectivity index is 2.02. The average Bonchev–Trinajstić information content (AvgIpc) is 3.18. The van der Waals surface area contributed by atoms with Gasteiger partial charge in [0, 0.05) is 18.2 Å². The van der Waals surface area contributed by atoms with Crippen LogP contribution >= 0.6 is 15.9 Å². The lowest BCUT2D eigenvalue weighted by atomic mass is 10.3. The maximum absolute atomic E-state index is 4.87. The van der Waals surface area contributed by atoms with E-state index in [0.717, 1.165) is 44.8 Å².